The molecule has 2 aromatic heterocycles. The van der Waals surface area contributed by atoms with E-state index in [1.165, 1.54) is 7.11 Å². The zero-order valence-corrected chi connectivity index (χ0v) is 30.5. The van der Waals surface area contributed by atoms with Gasteiger partial charge in [-0.3, -0.25) is 9.78 Å². The van der Waals surface area contributed by atoms with Crippen LogP contribution < -0.4 is 30.2 Å². The highest BCUT2D eigenvalue weighted by Gasteiger charge is 2.38. The Morgan fingerprint density at radius 2 is 1.81 bits per heavy atom. The Hall–Kier alpha value is -4.43. The van der Waals surface area contributed by atoms with Crippen molar-refractivity contribution in [2.75, 3.05) is 27.3 Å². The van der Waals surface area contributed by atoms with Crippen molar-refractivity contribution >= 4 is 17.5 Å². The number of methoxy groups -OCH3 is 2. The van der Waals surface area contributed by atoms with Crippen LogP contribution in [0.25, 0.3) is 22.4 Å². The fourth-order valence-corrected chi connectivity index (χ4v) is 7.27. The first-order valence-corrected chi connectivity index (χ1v) is 18.0. The van der Waals surface area contributed by atoms with E-state index in [0.29, 0.717) is 55.2 Å². The highest BCUT2D eigenvalue weighted by atomic mass is 35.5. The summed E-state index contributed by atoms with van der Waals surface area (Å²) in [7, 11) is 2.95. The first kappa shape index (κ1) is 38.3. The number of hydrogen-bond acceptors (Lipinski definition) is 9. The zero-order valence-electron chi connectivity index (χ0n) is 29.8. The number of amides is 1. The summed E-state index contributed by atoms with van der Waals surface area (Å²) in [6.45, 7) is 2.99. The van der Waals surface area contributed by atoms with Crippen LogP contribution in [0.1, 0.15) is 66.5 Å². The van der Waals surface area contributed by atoms with Crippen molar-refractivity contribution in [3.05, 3.63) is 87.6 Å². The quantitative estimate of drug-likeness (QED) is 0.110. The van der Waals surface area contributed by atoms with Crippen LogP contribution in [-0.2, 0) is 30.5 Å². The molecule has 3 atom stereocenters. The number of carbonyl (C=O) groups is 1. The third-order valence-electron chi connectivity index (χ3n) is 9.52. The maximum atomic E-state index is 14.4. The molecule has 0 saturated carbocycles. The van der Waals surface area contributed by atoms with Gasteiger partial charge in [-0.2, -0.15) is 18.2 Å². The molecule has 53 heavy (non-hydrogen) atoms. The number of nitrogens with zero attached hydrogens (tertiary/aromatic N) is 2. The van der Waals surface area contributed by atoms with Crippen LogP contribution in [0.15, 0.2) is 54.7 Å². The fourth-order valence-electron chi connectivity index (χ4n) is 6.95. The molecule has 0 unspecified atom stereocenters. The summed E-state index contributed by atoms with van der Waals surface area (Å²) in [5, 5.41) is 19.3. The average Bonchev–Trinajstić information content (AvgIpc) is 3.56. The lowest BCUT2D eigenvalue weighted by Gasteiger charge is -2.29. The largest absolute Gasteiger partial charge is 0.496 e. The van der Waals surface area contributed by atoms with Crippen LogP contribution in [0.5, 0.6) is 17.5 Å². The third kappa shape index (κ3) is 8.86. The number of fused-ring (bicyclic) bond motifs is 1. The molecule has 14 heteroatoms. The predicted octanol–water partition coefficient (Wildman–Crippen LogP) is 6.80. The minimum atomic E-state index is -4.74. The minimum absolute atomic E-state index is 0.00645. The lowest BCUT2D eigenvalue weighted by atomic mass is 9.84. The monoisotopic (exact) mass is 753 g/mol. The normalized spacial score (nSPS) is 17.6. The number of benzene rings is 2. The molecule has 3 heterocycles. The second kappa shape index (κ2) is 16.7. The van der Waals surface area contributed by atoms with E-state index in [0.717, 1.165) is 45.9 Å². The SMILES string of the molecule is COc1cc(-c2nccc(-c3cccc4c3CCC[C@@H]4Oc3nc(OC)c(CNC[C@H](C)O)cc3C(F)(F)F)c2Cl)ccc1CNC[C@H]1CCC(=O)N1. The minimum Gasteiger partial charge on any atom is -0.496 e. The highest BCUT2D eigenvalue weighted by molar-refractivity contribution is 6.35. The zero-order chi connectivity index (χ0) is 37.7. The van der Waals surface area contributed by atoms with Gasteiger partial charge < -0.3 is 35.3 Å². The first-order valence-electron chi connectivity index (χ1n) is 17.6. The summed E-state index contributed by atoms with van der Waals surface area (Å²) in [6, 6.07) is 14.4. The molecule has 4 N–H and O–H groups in total. The number of ether oxygens (including phenoxy) is 3. The predicted molar refractivity (Wildman–Crippen MR) is 195 cm³/mol. The number of aliphatic hydroxyl groups is 1. The molecule has 1 fully saturated rings. The molecule has 4 aromatic rings. The smallest absolute Gasteiger partial charge is 0.421 e. The van der Waals surface area contributed by atoms with Crippen LogP contribution in [0.2, 0.25) is 5.02 Å². The van der Waals surface area contributed by atoms with Gasteiger partial charge in [0, 0.05) is 67.1 Å². The van der Waals surface area contributed by atoms with Crippen LogP contribution in [0.4, 0.5) is 13.2 Å². The molecular weight excluding hydrogens is 711 g/mol. The number of hydrogen-bond donors (Lipinski definition) is 4. The second-order valence-electron chi connectivity index (χ2n) is 13.3. The third-order valence-corrected chi connectivity index (χ3v) is 9.90. The standard InChI is InChI=1S/C39H43ClF3N5O5/c1-22(49)18-44-20-25-16-31(39(41,42)43)38(48-37(25)52-3)53-32-9-5-7-27-28(6-4-8-29(27)32)30-14-15-46-36(35(30)40)23-10-11-24(33(17-23)51-2)19-45-21-26-12-13-34(50)47-26/h4,6,8,10-11,14-17,22,26,32,44-45,49H,5,7,9,12-13,18-21H2,1-3H3,(H,47,50)/t22-,26+,32-/m0/s1. The van der Waals surface area contributed by atoms with Gasteiger partial charge in [0.1, 0.15) is 17.4 Å². The number of pyridine rings is 2. The highest BCUT2D eigenvalue weighted by Crippen LogP contribution is 2.45. The van der Waals surface area contributed by atoms with Crippen molar-refractivity contribution < 1.29 is 37.3 Å². The molecule has 10 nitrogen and oxygen atoms in total. The number of nitrogens with one attached hydrogen (secondary N) is 3. The Labute approximate surface area is 311 Å². The topological polar surface area (TPSA) is 127 Å². The van der Waals surface area contributed by atoms with Gasteiger partial charge in [-0.25, -0.2) is 0 Å². The van der Waals surface area contributed by atoms with E-state index >= 15 is 0 Å². The van der Waals surface area contributed by atoms with Gasteiger partial charge in [0.25, 0.3) is 0 Å². The Kier molecular flexibility index (Phi) is 12.1. The molecule has 1 amide bonds. The first-order chi connectivity index (χ1) is 25.5. The van der Waals surface area contributed by atoms with Crippen molar-refractivity contribution in [3.8, 4) is 39.9 Å². The van der Waals surface area contributed by atoms with Gasteiger partial charge >= 0.3 is 6.18 Å². The van der Waals surface area contributed by atoms with Crippen LogP contribution >= 0.6 is 11.6 Å². The van der Waals surface area contributed by atoms with Crippen LogP contribution in [0, 0.1) is 0 Å². The fraction of sp³-hybridized carbons (Fsp3) is 0.410. The van der Waals surface area contributed by atoms with E-state index in [9.17, 15) is 23.1 Å². The molecule has 1 aliphatic heterocycles. The van der Waals surface area contributed by atoms with E-state index in [2.05, 4.69) is 25.9 Å². The number of aromatic nitrogens is 2. The summed E-state index contributed by atoms with van der Waals surface area (Å²) < 4.78 is 60.4. The van der Waals surface area contributed by atoms with E-state index in [4.69, 9.17) is 25.8 Å². The van der Waals surface area contributed by atoms with Crippen LogP contribution in [0.3, 0.4) is 0 Å². The molecule has 6 rings (SSSR count). The number of alkyl halides is 3. The maximum absolute atomic E-state index is 14.4. The number of aliphatic hydroxyl groups excluding tert-OH is 1. The summed E-state index contributed by atoms with van der Waals surface area (Å²) in [4.78, 5) is 20.3. The van der Waals surface area contributed by atoms with E-state index < -0.39 is 29.8 Å². The number of rotatable bonds is 14. The molecule has 0 spiro atoms. The molecule has 282 valence electrons. The summed E-state index contributed by atoms with van der Waals surface area (Å²) in [5.74, 6) is 0.192. The van der Waals surface area contributed by atoms with Crippen molar-refractivity contribution in [2.24, 2.45) is 0 Å². The number of halogens is 4. The van der Waals surface area contributed by atoms with E-state index in [1.54, 1.807) is 20.2 Å². The molecule has 0 radical (unpaired) electrons. The van der Waals surface area contributed by atoms with Crippen molar-refractivity contribution in [3.63, 3.8) is 0 Å². The maximum Gasteiger partial charge on any atom is 0.421 e. The Morgan fingerprint density at radius 1 is 1.00 bits per heavy atom. The van der Waals surface area contributed by atoms with Gasteiger partial charge in [0.15, 0.2) is 0 Å². The van der Waals surface area contributed by atoms with Gasteiger partial charge in [-0.1, -0.05) is 41.9 Å². The van der Waals surface area contributed by atoms with Gasteiger partial charge in [-0.05, 0) is 67.5 Å². The average molecular weight is 754 g/mol. The van der Waals surface area contributed by atoms with Crippen LogP contribution in [-0.4, -0.2) is 60.4 Å². The van der Waals surface area contributed by atoms with Gasteiger partial charge in [0.05, 0.1) is 31.0 Å². The van der Waals surface area contributed by atoms with Gasteiger partial charge in [-0.15, -0.1) is 0 Å². The Bertz CT molecular complexity index is 1940. The molecule has 0 bridgehead atoms. The van der Waals surface area contributed by atoms with Crippen molar-refractivity contribution in [2.45, 2.75) is 76.5 Å². The molecular formula is C39H43ClF3N5O5. The molecule has 2 aromatic carbocycles. The molecule has 2 aliphatic rings. The second-order valence-corrected chi connectivity index (χ2v) is 13.7. The summed E-state index contributed by atoms with van der Waals surface area (Å²) >= 11 is 7.11. The van der Waals surface area contributed by atoms with E-state index in [-0.39, 0.29) is 36.5 Å². The van der Waals surface area contributed by atoms with Crippen molar-refractivity contribution in [1.82, 2.24) is 25.9 Å². The molecule has 1 aliphatic carbocycles. The Balaban J connectivity index is 1.27. The summed E-state index contributed by atoms with van der Waals surface area (Å²) in [6.07, 6.45) is -1.23. The number of carbonyl (C=O) groups excluding carboxylic acids is 1. The van der Waals surface area contributed by atoms with E-state index in [1.807, 2.05) is 42.5 Å². The summed E-state index contributed by atoms with van der Waals surface area (Å²) in [5.41, 5.74) is 4.73. The lowest BCUT2D eigenvalue weighted by molar-refractivity contribution is -0.139. The molecule has 1 saturated heterocycles. The lowest BCUT2D eigenvalue weighted by Crippen LogP contribution is -2.35. The van der Waals surface area contributed by atoms with Crippen molar-refractivity contribution in [1.29, 1.82) is 0 Å². The van der Waals surface area contributed by atoms with Gasteiger partial charge in [0.2, 0.25) is 17.7 Å². The Morgan fingerprint density at radius 3 is 2.53 bits per heavy atom.